The molecule has 1 heterocycles. The molecule has 0 N–H and O–H groups in total. The van der Waals surface area contributed by atoms with E-state index < -0.39 is 10.8 Å². The first kappa shape index (κ1) is 39.1. The van der Waals surface area contributed by atoms with Crippen molar-refractivity contribution in [3.8, 4) is 39.1 Å². The molecule has 12 aromatic rings. The van der Waals surface area contributed by atoms with E-state index in [-0.39, 0.29) is 0 Å². The van der Waals surface area contributed by atoms with Crippen molar-refractivity contribution in [1.29, 1.82) is 0 Å². The highest BCUT2D eigenvalue weighted by molar-refractivity contribution is 6.11. The van der Waals surface area contributed by atoms with Crippen molar-refractivity contribution in [2.24, 2.45) is 0 Å². The maximum atomic E-state index is 2.57. The quantitative estimate of drug-likeness (QED) is 0.167. The molecule has 0 saturated heterocycles. The molecule has 15 rings (SSSR count). The Kier molecular flexibility index (Phi) is 8.24. The third-order valence-corrected chi connectivity index (χ3v) is 15.9. The Balaban J connectivity index is 1.10. The molecule has 0 radical (unpaired) electrons. The zero-order valence-corrected chi connectivity index (χ0v) is 38.3. The van der Waals surface area contributed by atoms with E-state index in [9.17, 15) is 0 Å². The average Bonchev–Trinajstić information content (AvgIpc) is 4.04. The molecule has 3 aliphatic rings. The Bertz CT molecular complexity index is 3980. The average molecular weight is 889 g/mol. The summed E-state index contributed by atoms with van der Waals surface area (Å²) in [6, 6.07) is 100. The van der Waals surface area contributed by atoms with Crippen LogP contribution in [0.15, 0.2) is 267 Å². The number of benzene rings is 11. The van der Waals surface area contributed by atoms with E-state index in [1.165, 1.54) is 99.7 Å². The Morgan fingerprint density at radius 2 is 0.729 bits per heavy atom. The molecular weight excluding hydrogens is 845 g/mol. The fourth-order valence-electron chi connectivity index (χ4n) is 13.3. The monoisotopic (exact) mass is 888 g/mol. The molecule has 0 bridgehead atoms. The molecule has 0 unspecified atom stereocenters. The summed E-state index contributed by atoms with van der Waals surface area (Å²) < 4.78 is 2.41. The fourth-order valence-corrected chi connectivity index (χ4v) is 13.3. The van der Waals surface area contributed by atoms with E-state index in [4.69, 9.17) is 0 Å². The molecule has 3 aliphatic carbocycles. The first-order valence-corrected chi connectivity index (χ1v) is 24.4. The maximum Gasteiger partial charge on any atom is 0.0740 e. The number of anilines is 3. The molecule has 2 spiro atoms. The lowest BCUT2D eigenvalue weighted by atomic mass is 9.52. The molecule has 2 heteroatoms. The zero-order chi connectivity index (χ0) is 46.0. The van der Waals surface area contributed by atoms with Crippen LogP contribution in [0.5, 0.6) is 0 Å². The second kappa shape index (κ2) is 14.8. The standard InChI is InChI=1S/C68H44N2/c1-3-20-45(21-4-1)46-38-40-48(41-39-46)69(49-42-43-64-55(44-49)54-28-11-18-36-63(54)70(64)47-22-5-2-6-23-47)65-37-19-35-62-66(65)68(58-31-14-9-26-52(58)53-27-10-15-32-59(53)68)61-34-17-16-33-60(61)67(62)56-29-12-7-24-50(56)51-25-8-13-30-57(51)67/h1-44H. The van der Waals surface area contributed by atoms with Crippen molar-refractivity contribution in [2.75, 3.05) is 4.90 Å². The number of aromatic nitrogens is 1. The van der Waals surface area contributed by atoms with Crippen LogP contribution < -0.4 is 4.90 Å². The molecule has 0 amide bonds. The number of para-hydroxylation sites is 2. The molecule has 2 nitrogen and oxygen atoms in total. The minimum Gasteiger partial charge on any atom is -0.310 e. The largest absolute Gasteiger partial charge is 0.310 e. The van der Waals surface area contributed by atoms with Gasteiger partial charge in [-0.25, -0.2) is 0 Å². The summed E-state index contributed by atoms with van der Waals surface area (Å²) in [5.74, 6) is 0. The van der Waals surface area contributed by atoms with E-state index in [0.29, 0.717) is 0 Å². The van der Waals surface area contributed by atoms with Crippen LogP contribution in [0.3, 0.4) is 0 Å². The lowest BCUT2D eigenvalue weighted by Gasteiger charge is -2.50. The van der Waals surface area contributed by atoms with Gasteiger partial charge in [0, 0.05) is 33.4 Å². The number of rotatable bonds is 5. The lowest BCUT2D eigenvalue weighted by Crippen LogP contribution is -2.44. The van der Waals surface area contributed by atoms with Crippen LogP contribution in [0.1, 0.15) is 44.5 Å². The summed E-state index contributed by atoms with van der Waals surface area (Å²) in [6.45, 7) is 0. The lowest BCUT2D eigenvalue weighted by molar-refractivity contribution is 0.633. The van der Waals surface area contributed by atoms with Crippen molar-refractivity contribution in [2.45, 2.75) is 10.8 Å². The van der Waals surface area contributed by atoms with Gasteiger partial charge in [0.25, 0.3) is 0 Å². The highest BCUT2D eigenvalue weighted by Crippen LogP contribution is 2.69. The van der Waals surface area contributed by atoms with Crippen LogP contribution in [-0.4, -0.2) is 4.57 Å². The Labute approximate surface area is 407 Å². The van der Waals surface area contributed by atoms with Crippen LogP contribution in [0.4, 0.5) is 17.1 Å². The van der Waals surface area contributed by atoms with Gasteiger partial charge < -0.3 is 9.47 Å². The summed E-state index contributed by atoms with van der Waals surface area (Å²) in [5, 5.41) is 2.43. The Morgan fingerprint density at radius 3 is 1.34 bits per heavy atom. The van der Waals surface area contributed by atoms with Gasteiger partial charge in [-0.3, -0.25) is 0 Å². The minimum absolute atomic E-state index is 0.608. The SMILES string of the molecule is c1ccc(-c2ccc(N(c3ccc4c(c3)c3ccccc3n4-c3ccccc3)c3cccc4c3C3(c5ccccc5-c5ccccc53)c3ccccc3C43c4ccccc4-c4ccccc43)cc2)cc1. The zero-order valence-electron chi connectivity index (χ0n) is 38.3. The predicted molar refractivity (Wildman–Crippen MR) is 289 cm³/mol. The second-order valence-electron chi connectivity index (χ2n) is 19.1. The molecule has 70 heavy (non-hydrogen) atoms. The topological polar surface area (TPSA) is 8.17 Å². The number of nitrogens with zero attached hydrogens (tertiary/aromatic N) is 2. The minimum atomic E-state index is -0.677. The molecule has 0 fully saturated rings. The smallest absolute Gasteiger partial charge is 0.0740 e. The van der Waals surface area contributed by atoms with Crippen LogP contribution >= 0.6 is 0 Å². The van der Waals surface area contributed by atoms with Gasteiger partial charge in [0.1, 0.15) is 0 Å². The van der Waals surface area contributed by atoms with Gasteiger partial charge >= 0.3 is 0 Å². The van der Waals surface area contributed by atoms with E-state index in [1.54, 1.807) is 0 Å². The van der Waals surface area contributed by atoms with Crippen LogP contribution in [0.2, 0.25) is 0 Å². The summed E-state index contributed by atoms with van der Waals surface area (Å²) in [6.07, 6.45) is 0. The molecule has 1 aromatic heterocycles. The van der Waals surface area contributed by atoms with Crippen molar-refractivity contribution in [3.63, 3.8) is 0 Å². The highest BCUT2D eigenvalue weighted by Gasteiger charge is 2.60. The van der Waals surface area contributed by atoms with Gasteiger partial charge in [0.05, 0.1) is 27.6 Å². The first-order valence-electron chi connectivity index (χ1n) is 24.4. The van der Waals surface area contributed by atoms with Crippen molar-refractivity contribution in [3.05, 3.63) is 311 Å². The second-order valence-corrected chi connectivity index (χ2v) is 19.1. The number of hydrogen-bond donors (Lipinski definition) is 0. The van der Waals surface area contributed by atoms with Crippen molar-refractivity contribution < 1.29 is 0 Å². The molecule has 0 atom stereocenters. The van der Waals surface area contributed by atoms with Crippen molar-refractivity contribution in [1.82, 2.24) is 4.57 Å². The van der Waals surface area contributed by atoms with E-state index in [0.717, 1.165) is 22.7 Å². The third kappa shape index (κ3) is 5.07. The van der Waals surface area contributed by atoms with Gasteiger partial charge in [0.2, 0.25) is 0 Å². The van der Waals surface area contributed by atoms with Crippen LogP contribution in [0.25, 0.3) is 60.9 Å². The van der Waals surface area contributed by atoms with Crippen LogP contribution in [0, 0.1) is 0 Å². The van der Waals surface area contributed by atoms with E-state index >= 15 is 0 Å². The van der Waals surface area contributed by atoms with E-state index in [1.807, 2.05) is 0 Å². The number of fused-ring (bicyclic) bond motifs is 19. The normalized spacial score (nSPS) is 13.9. The van der Waals surface area contributed by atoms with Crippen molar-refractivity contribution >= 4 is 38.9 Å². The molecule has 11 aromatic carbocycles. The van der Waals surface area contributed by atoms with Gasteiger partial charge in [0.15, 0.2) is 0 Å². The highest BCUT2D eigenvalue weighted by atomic mass is 15.1. The molecule has 326 valence electrons. The Hall–Kier alpha value is -8.98. The summed E-state index contributed by atoms with van der Waals surface area (Å²) in [5.41, 5.74) is 23.6. The van der Waals surface area contributed by atoms with Gasteiger partial charge in [-0.05, 0) is 127 Å². The number of hydrogen-bond acceptors (Lipinski definition) is 1. The third-order valence-electron chi connectivity index (χ3n) is 15.9. The first-order chi connectivity index (χ1) is 34.8. The summed E-state index contributed by atoms with van der Waals surface area (Å²) >= 11 is 0. The van der Waals surface area contributed by atoms with Gasteiger partial charge in [-0.2, -0.15) is 0 Å². The fraction of sp³-hybridized carbons (Fsp3) is 0.0294. The van der Waals surface area contributed by atoms with E-state index in [2.05, 4.69) is 276 Å². The molecule has 0 aliphatic heterocycles. The molecule has 0 saturated carbocycles. The van der Waals surface area contributed by atoms with Gasteiger partial charge in [-0.1, -0.05) is 212 Å². The molecular formula is C68H44N2. The predicted octanol–water partition coefficient (Wildman–Crippen LogP) is 17.0. The Morgan fingerprint density at radius 1 is 0.286 bits per heavy atom. The van der Waals surface area contributed by atoms with Gasteiger partial charge in [-0.15, -0.1) is 0 Å². The summed E-state index contributed by atoms with van der Waals surface area (Å²) in [4.78, 5) is 2.57. The maximum absolute atomic E-state index is 2.57. The summed E-state index contributed by atoms with van der Waals surface area (Å²) in [7, 11) is 0. The van der Waals surface area contributed by atoms with Crippen LogP contribution in [-0.2, 0) is 10.8 Å².